The van der Waals surface area contributed by atoms with Crippen molar-refractivity contribution < 1.29 is 19.1 Å². The third-order valence-electron chi connectivity index (χ3n) is 7.98. The molecule has 2 aliphatic heterocycles. The Kier molecular flexibility index (Phi) is 7.63. The SMILES string of the molecule is C[SiH](C)[C@@]1(C(=O)[C@H]2COCO2)C(=O)N(C(C)(C)C)[C@@H]1SC(c1ccccc1)(c1ccccc1)c1ccccc1. The van der Waals surface area contributed by atoms with Crippen molar-refractivity contribution in [2.24, 2.45) is 0 Å². The second kappa shape index (κ2) is 10.7. The number of benzene rings is 3. The van der Waals surface area contributed by atoms with Crippen molar-refractivity contribution in [3.05, 3.63) is 108 Å². The van der Waals surface area contributed by atoms with Crippen molar-refractivity contribution in [1.82, 2.24) is 4.90 Å². The monoisotopic (exact) mass is 559 g/mol. The molecule has 0 bridgehead atoms. The quantitative estimate of drug-likeness (QED) is 0.150. The highest BCUT2D eigenvalue weighted by Gasteiger charge is 2.71. The van der Waals surface area contributed by atoms with Crippen molar-refractivity contribution in [1.29, 1.82) is 0 Å². The van der Waals surface area contributed by atoms with Crippen LogP contribution in [-0.2, 0) is 23.8 Å². The molecule has 5 rings (SSSR count). The fourth-order valence-corrected chi connectivity index (χ4v) is 11.2. The summed E-state index contributed by atoms with van der Waals surface area (Å²) in [5, 5.41) is -1.49. The Bertz CT molecular complexity index is 1210. The van der Waals surface area contributed by atoms with Crippen molar-refractivity contribution >= 4 is 32.2 Å². The molecule has 0 saturated carbocycles. The van der Waals surface area contributed by atoms with Crippen LogP contribution in [0.3, 0.4) is 0 Å². The first-order valence-corrected chi connectivity index (χ1v) is 17.3. The zero-order valence-corrected chi connectivity index (χ0v) is 25.3. The van der Waals surface area contributed by atoms with Gasteiger partial charge in [-0.3, -0.25) is 9.59 Å². The number of thioether (sulfide) groups is 1. The highest BCUT2D eigenvalue weighted by Crippen LogP contribution is 2.63. The molecule has 39 heavy (non-hydrogen) atoms. The number of ketones is 1. The van der Waals surface area contributed by atoms with E-state index in [1.54, 1.807) is 11.8 Å². The van der Waals surface area contributed by atoms with Gasteiger partial charge in [-0.25, -0.2) is 0 Å². The Balaban J connectivity index is 1.77. The van der Waals surface area contributed by atoms with E-state index in [0.717, 1.165) is 16.7 Å². The molecule has 5 nitrogen and oxygen atoms in total. The molecule has 3 aromatic carbocycles. The first-order chi connectivity index (χ1) is 18.6. The van der Waals surface area contributed by atoms with Gasteiger partial charge in [0.05, 0.1) is 25.5 Å². The van der Waals surface area contributed by atoms with E-state index in [0.29, 0.717) is 0 Å². The van der Waals surface area contributed by atoms with Crippen LogP contribution < -0.4 is 0 Å². The highest BCUT2D eigenvalue weighted by atomic mass is 32.2. The number of amides is 1. The van der Waals surface area contributed by atoms with E-state index < -0.39 is 30.2 Å². The number of Topliss-reactive ketones (excluding diaryl/α,β-unsaturated/α-hetero) is 1. The molecule has 2 aliphatic rings. The predicted octanol–water partition coefficient (Wildman–Crippen LogP) is 5.85. The van der Waals surface area contributed by atoms with Gasteiger partial charge in [-0.2, -0.15) is 0 Å². The van der Waals surface area contributed by atoms with E-state index in [9.17, 15) is 9.59 Å². The number of hydrogen-bond acceptors (Lipinski definition) is 5. The maximum absolute atomic E-state index is 14.3. The van der Waals surface area contributed by atoms with Gasteiger partial charge in [0.15, 0.2) is 5.78 Å². The number of ether oxygens (including phenoxy) is 2. The van der Waals surface area contributed by atoms with Gasteiger partial charge >= 0.3 is 0 Å². The fraction of sp³-hybridized carbons (Fsp3) is 0.375. The normalized spacial score (nSPS) is 23.6. The zero-order chi connectivity index (χ0) is 27.8. The summed E-state index contributed by atoms with van der Waals surface area (Å²) in [7, 11) is -1.92. The van der Waals surface area contributed by atoms with Crippen molar-refractivity contribution in [3.63, 3.8) is 0 Å². The number of β-lactam (4-membered cyclic amide) rings is 1. The molecule has 0 N–H and O–H groups in total. The van der Waals surface area contributed by atoms with E-state index in [2.05, 4.69) is 107 Å². The second-order valence-electron chi connectivity index (χ2n) is 11.6. The lowest BCUT2D eigenvalue weighted by molar-refractivity contribution is -0.163. The van der Waals surface area contributed by atoms with E-state index >= 15 is 0 Å². The van der Waals surface area contributed by atoms with Crippen LogP contribution in [0.2, 0.25) is 18.1 Å². The first-order valence-electron chi connectivity index (χ1n) is 13.6. The van der Waals surface area contributed by atoms with Crippen molar-refractivity contribution in [3.8, 4) is 0 Å². The predicted molar refractivity (Wildman–Crippen MR) is 159 cm³/mol. The Morgan fingerprint density at radius 3 is 1.69 bits per heavy atom. The largest absolute Gasteiger partial charge is 0.352 e. The summed E-state index contributed by atoms with van der Waals surface area (Å²) < 4.78 is 10.5. The zero-order valence-electron chi connectivity index (χ0n) is 23.3. The summed E-state index contributed by atoms with van der Waals surface area (Å²) in [4.78, 5) is 30.6. The second-order valence-corrected chi connectivity index (χ2v) is 16.1. The lowest BCUT2D eigenvalue weighted by atomic mass is 9.83. The summed E-state index contributed by atoms with van der Waals surface area (Å²) >= 11 is 1.72. The molecule has 3 atom stereocenters. The first kappa shape index (κ1) is 27.8. The number of carbonyl (C=O) groups excluding carboxylic acids is 2. The van der Waals surface area contributed by atoms with Crippen molar-refractivity contribution in [2.45, 2.75) is 60.7 Å². The Morgan fingerprint density at radius 2 is 1.33 bits per heavy atom. The molecule has 204 valence electrons. The van der Waals surface area contributed by atoms with Gasteiger partial charge < -0.3 is 14.4 Å². The van der Waals surface area contributed by atoms with Crippen LogP contribution in [0.25, 0.3) is 0 Å². The molecular formula is C32H37NO4SSi. The molecule has 0 radical (unpaired) electrons. The molecule has 2 saturated heterocycles. The molecule has 0 aliphatic carbocycles. The topological polar surface area (TPSA) is 55.8 Å². The Morgan fingerprint density at radius 1 is 0.872 bits per heavy atom. The molecule has 3 aromatic rings. The minimum Gasteiger partial charge on any atom is -0.352 e. The molecule has 2 fully saturated rings. The number of likely N-dealkylation sites (tertiary alicyclic amines) is 1. The smallest absolute Gasteiger partial charge is 0.237 e. The van der Waals surface area contributed by atoms with Gasteiger partial charge in [-0.15, -0.1) is 11.8 Å². The van der Waals surface area contributed by atoms with Crippen LogP contribution in [-0.4, -0.2) is 55.8 Å². The molecule has 0 aromatic heterocycles. The van der Waals surface area contributed by atoms with E-state index in [1.807, 2.05) is 23.1 Å². The van der Waals surface area contributed by atoms with Gasteiger partial charge in [-0.05, 0) is 37.5 Å². The van der Waals surface area contributed by atoms with Crippen LogP contribution in [0.5, 0.6) is 0 Å². The van der Waals surface area contributed by atoms with Crippen LogP contribution in [0.15, 0.2) is 91.0 Å². The number of rotatable bonds is 8. The maximum atomic E-state index is 14.3. The van der Waals surface area contributed by atoms with E-state index in [4.69, 9.17) is 9.47 Å². The molecule has 0 spiro atoms. The minimum absolute atomic E-state index is 0.0715. The molecule has 0 unspecified atom stereocenters. The molecule has 2 heterocycles. The average Bonchev–Trinajstić information content (AvgIpc) is 3.47. The Hall–Kier alpha value is -2.71. The van der Waals surface area contributed by atoms with Gasteiger partial charge in [0, 0.05) is 5.54 Å². The third kappa shape index (κ3) is 4.49. The van der Waals surface area contributed by atoms with Crippen LogP contribution in [0, 0.1) is 0 Å². The summed E-state index contributed by atoms with van der Waals surface area (Å²) in [5.74, 6) is -0.189. The lowest BCUT2D eigenvalue weighted by Gasteiger charge is -2.63. The average molecular weight is 560 g/mol. The summed E-state index contributed by atoms with van der Waals surface area (Å²) in [6.07, 6.45) is -0.714. The maximum Gasteiger partial charge on any atom is 0.237 e. The van der Waals surface area contributed by atoms with Gasteiger partial charge in [-0.1, -0.05) is 104 Å². The van der Waals surface area contributed by atoms with Crippen LogP contribution in [0.4, 0.5) is 0 Å². The van der Waals surface area contributed by atoms with Gasteiger partial charge in [0.1, 0.15) is 17.9 Å². The number of hydrogen-bond donors (Lipinski definition) is 0. The van der Waals surface area contributed by atoms with E-state index in [-0.39, 0.29) is 30.5 Å². The molecular weight excluding hydrogens is 523 g/mol. The van der Waals surface area contributed by atoms with Crippen LogP contribution >= 0.6 is 11.8 Å². The standard InChI is InChI=1S/C32H37NO4SSi/c1-30(2,3)33-28(35)32(39(4)5,27(34)26-21-36-22-37-26)29(33)38-31(23-15-9-6-10-16-23,24-17-11-7-12-18-24)25-19-13-8-14-20-25/h6-20,26,29,39H,21-22H2,1-5H3/t26-,29-,32+/m1/s1. The fourth-order valence-electron chi connectivity index (χ4n) is 6.04. The van der Waals surface area contributed by atoms with Gasteiger partial charge in [0.2, 0.25) is 5.91 Å². The number of carbonyl (C=O) groups is 2. The summed E-state index contributed by atoms with van der Waals surface area (Å²) in [5.41, 5.74) is 2.85. The summed E-state index contributed by atoms with van der Waals surface area (Å²) in [6.45, 7) is 10.7. The van der Waals surface area contributed by atoms with Crippen molar-refractivity contribution in [2.75, 3.05) is 13.4 Å². The lowest BCUT2D eigenvalue weighted by Crippen LogP contribution is -2.76. The Labute approximate surface area is 237 Å². The summed E-state index contributed by atoms with van der Waals surface area (Å²) in [6, 6.07) is 31.3. The minimum atomic E-state index is -1.92. The molecule has 1 amide bonds. The third-order valence-corrected chi connectivity index (χ3v) is 12.8. The number of nitrogens with zero attached hydrogens (tertiary/aromatic N) is 1. The molecule has 7 heteroatoms. The van der Waals surface area contributed by atoms with Gasteiger partial charge in [0.25, 0.3) is 0 Å². The van der Waals surface area contributed by atoms with E-state index in [1.165, 1.54) is 0 Å². The highest BCUT2D eigenvalue weighted by molar-refractivity contribution is 8.01. The van der Waals surface area contributed by atoms with Crippen LogP contribution in [0.1, 0.15) is 37.5 Å².